The molecule has 0 atom stereocenters. The van der Waals surface area contributed by atoms with Crippen molar-refractivity contribution in [3.05, 3.63) is 29.3 Å². The Balaban J connectivity index is 3.36. The van der Waals surface area contributed by atoms with Gasteiger partial charge in [-0.1, -0.05) is 12.1 Å². The summed E-state index contributed by atoms with van der Waals surface area (Å²) < 4.78 is 37.2. The van der Waals surface area contributed by atoms with Crippen LogP contribution < -0.4 is 5.46 Å². The summed E-state index contributed by atoms with van der Waals surface area (Å²) in [5.41, 5.74) is -1.65. The lowest BCUT2D eigenvalue weighted by Crippen LogP contribution is -2.31. The van der Waals surface area contributed by atoms with Crippen molar-refractivity contribution in [3.63, 3.8) is 0 Å². The summed E-state index contributed by atoms with van der Waals surface area (Å²) in [4.78, 5) is 11.0. The Bertz CT molecular complexity index is 415. The summed E-state index contributed by atoms with van der Waals surface area (Å²) in [6.45, 7) is 1.10. The van der Waals surface area contributed by atoms with Crippen molar-refractivity contribution in [1.29, 1.82) is 0 Å². The number of benzene rings is 1. The van der Waals surface area contributed by atoms with Crippen LogP contribution in [0.5, 0.6) is 0 Å². The van der Waals surface area contributed by atoms with Gasteiger partial charge >= 0.3 is 13.3 Å². The van der Waals surface area contributed by atoms with Gasteiger partial charge < -0.3 is 10.0 Å². The summed E-state index contributed by atoms with van der Waals surface area (Å²) >= 11 is 0. The normalized spacial score (nSPS) is 11.4. The molecule has 0 radical (unpaired) electrons. The largest absolute Gasteiger partial charge is 0.488 e. The van der Waals surface area contributed by atoms with E-state index < -0.39 is 24.6 Å². The zero-order valence-electron chi connectivity index (χ0n) is 8.25. The zero-order valence-corrected chi connectivity index (χ0v) is 8.25. The molecule has 0 aliphatic heterocycles. The van der Waals surface area contributed by atoms with Crippen LogP contribution in [0.4, 0.5) is 13.2 Å². The fourth-order valence-corrected chi connectivity index (χ4v) is 1.17. The van der Waals surface area contributed by atoms with Crippen molar-refractivity contribution in [2.45, 2.75) is 13.1 Å². The lowest BCUT2D eigenvalue weighted by atomic mass is 9.78. The maximum atomic E-state index is 12.4. The van der Waals surface area contributed by atoms with Crippen LogP contribution in [0.25, 0.3) is 0 Å². The van der Waals surface area contributed by atoms with E-state index in [4.69, 9.17) is 10.0 Å². The molecule has 86 valence electrons. The van der Waals surface area contributed by atoms with E-state index in [2.05, 4.69) is 0 Å². The van der Waals surface area contributed by atoms with Gasteiger partial charge in [0.1, 0.15) is 0 Å². The standard InChI is InChI=1S/C9H8BF3O3/c1-5(14)6-2-7(9(11,12)13)4-8(3-6)10(15)16/h2-4,15-16H,1H3. The molecule has 0 aliphatic carbocycles. The van der Waals surface area contributed by atoms with Crippen molar-refractivity contribution in [2.24, 2.45) is 0 Å². The molecule has 0 saturated carbocycles. The summed E-state index contributed by atoms with van der Waals surface area (Å²) in [6.07, 6.45) is -4.63. The number of carbonyl (C=O) groups excluding carboxylic acids is 1. The Hall–Kier alpha value is -1.34. The Morgan fingerprint density at radius 1 is 1.25 bits per heavy atom. The van der Waals surface area contributed by atoms with E-state index in [1.807, 2.05) is 0 Å². The number of hydrogen-bond acceptors (Lipinski definition) is 3. The lowest BCUT2D eigenvalue weighted by Gasteiger charge is -2.10. The first-order valence-electron chi connectivity index (χ1n) is 4.31. The molecular formula is C9H8BF3O3. The molecule has 0 unspecified atom stereocenters. The third kappa shape index (κ3) is 2.83. The lowest BCUT2D eigenvalue weighted by molar-refractivity contribution is -0.137. The Morgan fingerprint density at radius 2 is 1.81 bits per heavy atom. The Kier molecular flexibility index (Phi) is 3.40. The monoisotopic (exact) mass is 232 g/mol. The van der Waals surface area contributed by atoms with Crippen LogP contribution in [-0.2, 0) is 6.18 Å². The molecule has 1 aromatic rings. The molecule has 0 fully saturated rings. The topological polar surface area (TPSA) is 57.5 Å². The van der Waals surface area contributed by atoms with Crippen LogP contribution in [-0.4, -0.2) is 22.9 Å². The average molecular weight is 232 g/mol. The minimum Gasteiger partial charge on any atom is -0.423 e. The van der Waals surface area contributed by atoms with Crippen LogP contribution in [0.3, 0.4) is 0 Å². The molecule has 1 rings (SSSR count). The molecule has 2 N–H and O–H groups in total. The van der Waals surface area contributed by atoms with Gasteiger partial charge in [0.05, 0.1) is 5.56 Å². The summed E-state index contributed by atoms with van der Waals surface area (Å²) in [7, 11) is -2.04. The molecular weight excluding hydrogens is 224 g/mol. The SMILES string of the molecule is CC(=O)c1cc(B(O)O)cc(C(F)(F)F)c1. The fraction of sp³-hybridized carbons (Fsp3) is 0.222. The van der Waals surface area contributed by atoms with Gasteiger partial charge in [-0.3, -0.25) is 4.79 Å². The smallest absolute Gasteiger partial charge is 0.423 e. The third-order valence-electron chi connectivity index (χ3n) is 1.99. The molecule has 7 heteroatoms. The molecule has 0 amide bonds. The van der Waals surface area contributed by atoms with Gasteiger partial charge in [-0.2, -0.15) is 13.2 Å². The van der Waals surface area contributed by atoms with E-state index in [1.165, 1.54) is 0 Å². The first-order valence-corrected chi connectivity index (χ1v) is 4.31. The zero-order chi connectivity index (χ0) is 12.5. The molecule has 0 aliphatic rings. The number of rotatable bonds is 2. The van der Waals surface area contributed by atoms with Gasteiger partial charge in [0.2, 0.25) is 0 Å². The van der Waals surface area contributed by atoms with Gasteiger partial charge in [-0.05, 0) is 18.5 Å². The molecule has 0 saturated heterocycles. The van der Waals surface area contributed by atoms with Gasteiger partial charge in [0, 0.05) is 5.56 Å². The van der Waals surface area contributed by atoms with Crippen molar-refractivity contribution < 1.29 is 28.0 Å². The van der Waals surface area contributed by atoms with Gasteiger partial charge in [-0.25, -0.2) is 0 Å². The van der Waals surface area contributed by atoms with E-state index in [1.54, 1.807) is 0 Å². The molecule has 3 nitrogen and oxygen atoms in total. The van der Waals surface area contributed by atoms with E-state index >= 15 is 0 Å². The van der Waals surface area contributed by atoms with Crippen molar-refractivity contribution >= 4 is 18.4 Å². The number of halogens is 3. The minimum atomic E-state index is -4.63. The van der Waals surface area contributed by atoms with E-state index in [0.717, 1.165) is 13.0 Å². The first-order chi connectivity index (χ1) is 7.21. The number of ketones is 1. The first kappa shape index (κ1) is 12.7. The second-order valence-electron chi connectivity index (χ2n) is 3.27. The summed E-state index contributed by atoms with van der Waals surface area (Å²) in [5.74, 6) is -0.576. The van der Waals surface area contributed by atoms with Crippen molar-refractivity contribution in [1.82, 2.24) is 0 Å². The van der Waals surface area contributed by atoms with Crippen LogP contribution in [0.1, 0.15) is 22.8 Å². The highest BCUT2D eigenvalue weighted by Gasteiger charge is 2.32. The molecule has 0 aromatic heterocycles. The fourth-order valence-electron chi connectivity index (χ4n) is 1.17. The highest BCUT2D eigenvalue weighted by atomic mass is 19.4. The van der Waals surface area contributed by atoms with Gasteiger partial charge in [-0.15, -0.1) is 0 Å². The highest BCUT2D eigenvalue weighted by Crippen LogP contribution is 2.29. The average Bonchev–Trinajstić information content (AvgIpc) is 2.15. The molecule has 1 aromatic carbocycles. The van der Waals surface area contributed by atoms with Crippen LogP contribution in [0.2, 0.25) is 0 Å². The second-order valence-corrected chi connectivity index (χ2v) is 3.27. The van der Waals surface area contributed by atoms with E-state index in [9.17, 15) is 18.0 Å². The van der Waals surface area contributed by atoms with E-state index in [0.29, 0.717) is 12.1 Å². The van der Waals surface area contributed by atoms with E-state index in [-0.39, 0.29) is 11.0 Å². The van der Waals surface area contributed by atoms with Crippen LogP contribution >= 0.6 is 0 Å². The minimum absolute atomic E-state index is 0.210. The number of Topliss-reactive ketones (excluding diaryl/α,β-unsaturated/α-hetero) is 1. The molecule has 0 heterocycles. The summed E-state index contributed by atoms with van der Waals surface area (Å²) in [6, 6.07) is 2.29. The Labute approximate surface area is 89.7 Å². The predicted molar refractivity (Wildman–Crippen MR) is 51.3 cm³/mol. The quantitative estimate of drug-likeness (QED) is 0.579. The van der Waals surface area contributed by atoms with Crippen molar-refractivity contribution in [3.8, 4) is 0 Å². The van der Waals surface area contributed by atoms with Crippen molar-refractivity contribution in [2.75, 3.05) is 0 Å². The maximum absolute atomic E-state index is 12.4. The van der Waals surface area contributed by atoms with Gasteiger partial charge in [0.25, 0.3) is 0 Å². The van der Waals surface area contributed by atoms with Crippen LogP contribution in [0, 0.1) is 0 Å². The number of hydrogen-bond donors (Lipinski definition) is 2. The second kappa shape index (κ2) is 4.27. The maximum Gasteiger partial charge on any atom is 0.488 e. The number of carbonyl (C=O) groups is 1. The Morgan fingerprint density at radius 3 is 2.19 bits per heavy atom. The van der Waals surface area contributed by atoms with Gasteiger partial charge in [0.15, 0.2) is 5.78 Å². The van der Waals surface area contributed by atoms with Crippen LogP contribution in [0.15, 0.2) is 18.2 Å². The molecule has 0 spiro atoms. The molecule has 0 bridgehead atoms. The number of alkyl halides is 3. The highest BCUT2D eigenvalue weighted by molar-refractivity contribution is 6.58. The molecule has 16 heavy (non-hydrogen) atoms. The predicted octanol–water partition coefficient (Wildman–Crippen LogP) is 0.588. The third-order valence-corrected chi connectivity index (χ3v) is 1.99. The summed E-state index contributed by atoms with van der Waals surface area (Å²) in [5, 5.41) is 17.6.